The molecule has 0 amide bonds. The van der Waals surface area contributed by atoms with Crippen molar-refractivity contribution >= 4 is 57.4 Å². The standard InChI is InChI=1S/C52H42F12N4S2/c1-27-11-15-29(16-12-27)41-19-31-7-3-5-9-39(31)43(45(41)67-47(69)65-37-23-33(49(53,54)55)21-34(24-37)50(56,57)58)44-40-10-6-4-8-32(40)20-42(30-17-13-28(2)14-18-30)46(44)68-48(70)66-38-25-35(51(59,60)61)22-36(26-38)52(62,63)64/h11-26H,3-10H2,1-2H3,(H2,65,67,69)(H2,66,68,70). The maximum absolute atomic E-state index is 14.0. The molecule has 0 heterocycles. The van der Waals surface area contributed by atoms with Crippen molar-refractivity contribution in [2.45, 2.75) is 89.9 Å². The van der Waals surface area contributed by atoms with Crippen LogP contribution >= 0.6 is 24.4 Å². The predicted octanol–water partition coefficient (Wildman–Crippen LogP) is 16.8. The Balaban J connectivity index is 1.38. The second-order valence-corrected chi connectivity index (χ2v) is 18.3. The average molecular weight is 1020 g/mol. The van der Waals surface area contributed by atoms with E-state index in [-0.39, 0.29) is 22.4 Å². The van der Waals surface area contributed by atoms with Crippen molar-refractivity contribution in [3.8, 4) is 33.4 Å². The Kier molecular flexibility index (Phi) is 13.8. The number of alkyl halides is 12. The van der Waals surface area contributed by atoms with E-state index in [1.807, 2.05) is 74.5 Å². The highest BCUT2D eigenvalue weighted by molar-refractivity contribution is 7.81. The van der Waals surface area contributed by atoms with Crippen LogP contribution in [0.2, 0.25) is 0 Å². The van der Waals surface area contributed by atoms with E-state index >= 15 is 0 Å². The van der Waals surface area contributed by atoms with Gasteiger partial charge in [0.05, 0.1) is 33.6 Å². The number of aryl methyl sites for hydroxylation is 4. The molecule has 366 valence electrons. The number of nitrogens with one attached hydrogen (secondary N) is 4. The highest BCUT2D eigenvalue weighted by atomic mass is 32.1. The summed E-state index contributed by atoms with van der Waals surface area (Å²) in [5.74, 6) is 0. The predicted molar refractivity (Wildman–Crippen MR) is 258 cm³/mol. The summed E-state index contributed by atoms with van der Waals surface area (Å²) >= 11 is 11.6. The van der Waals surface area contributed by atoms with E-state index in [1.165, 1.54) is 0 Å². The van der Waals surface area contributed by atoms with Crippen LogP contribution in [0.1, 0.15) is 81.3 Å². The Morgan fingerprint density at radius 3 is 1.00 bits per heavy atom. The third kappa shape index (κ3) is 11.1. The first kappa shape index (κ1) is 50.3. The summed E-state index contributed by atoms with van der Waals surface area (Å²) in [7, 11) is 0. The largest absolute Gasteiger partial charge is 0.416 e. The lowest BCUT2D eigenvalue weighted by Crippen LogP contribution is -2.24. The molecule has 6 aromatic rings. The minimum Gasteiger partial charge on any atom is -0.332 e. The van der Waals surface area contributed by atoms with Gasteiger partial charge in [0.15, 0.2) is 10.2 Å². The Labute approximate surface area is 405 Å². The molecule has 0 spiro atoms. The molecule has 8 rings (SSSR count). The Morgan fingerprint density at radius 2 is 0.700 bits per heavy atom. The topological polar surface area (TPSA) is 48.1 Å². The van der Waals surface area contributed by atoms with Crippen LogP contribution in [-0.2, 0) is 50.4 Å². The lowest BCUT2D eigenvalue weighted by Gasteiger charge is -2.32. The number of thiocarbonyl (C=S) groups is 2. The summed E-state index contributed by atoms with van der Waals surface area (Å²) in [6.45, 7) is 3.79. The summed E-state index contributed by atoms with van der Waals surface area (Å²) in [5, 5.41) is 10.9. The minimum absolute atomic E-state index is 0.0129. The van der Waals surface area contributed by atoms with Crippen molar-refractivity contribution in [2.75, 3.05) is 21.3 Å². The molecule has 0 unspecified atom stereocenters. The number of halogens is 12. The number of hydrogen-bond donors (Lipinski definition) is 4. The molecule has 0 saturated heterocycles. The first-order valence-electron chi connectivity index (χ1n) is 22.1. The van der Waals surface area contributed by atoms with E-state index < -0.39 is 58.3 Å². The van der Waals surface area contributed by atoms with Gasteiger partial charge in [-0.05, 0) is 172 Å². The van der Waals surface area contributed by atoms with Crippen LogP contribution in [0.3, 0.4) is 0 Å². The van der Waals surface area contributed by atoms with Gasteiger partial charge >= 0.3 is 24.7 Å². The smallest absolute Gasteiger partial charge is 0.332 e. The van der Waals surface area contributed by atoms with E-state index in [4.69, 9.17) is 24.4 Å². The van der Waals surface area contributed by atoms with Gasteiger partial charge in [0.1, 0.15) is 0 Å². The third-order valence-electron chi connectivity index (χ3n) is 12.4. The van der Waals surface area contributed by atoms with Gasteiger partial charge < -0.3 is 21.3 Å². The molecular weight excluding hydrogens is 973 g/mol. The zero-order valence-corrected chi connectivity index (χ0v) is 38.9. The summed E-state index contributed by atoms with van der Waals surface area (Å²) in [6, 6.07) is 21.1. The zero-order valence-electron chi connectivity index (χ0n) is 37.2. The van der Waals surface area contributed by atoms with E-state index in [2.05, 4.69) is 21.3 Å². The first-order chi connectivity index (χ1) is 32.8. The molecule has 0 saturated carbocycles. The third-order valence-corrected chi connectivity index (χ3v) is 12.9. The molecule has 4 nitrogen and oxygen atoms in total. The van der Waals surface area contributed by atoms with Crippen LogP contribution < -0.4 is 21.3 Å². The molecule has 0 aromatic heterocycles. The molecule has 2 aliphatic rings. The summed E-state index contributed by atoms with van der Waals surface area (Å²) in [5.41, 5.74) is 2.45. The highest BCUT2D eigenvalue weighted by Gasteiger charge is 2.39. The molecule has 4 N–H and O–H groups in total. The molecule has 0 atom stereocenters. The monoisotopic (exact) mass is 1010 g/mol. The molecule has 6 aromatic carbocycles. The summed E-state index contributed by atoms with van der Waals surface area (Å²) < 4.78 is 168. The van der Waals surface area contributed by atoms with Crippen LogP contribution in [0.4, 0.5) is 75.4 Å². The first-order valence-corrected chi connectivity index (χ1v) is 22.9. The molecular formula is C52H42F12N4S2. The second kappa shape index (κ2) is 19.2. The zero-order chi connectivity index (χ0) is 50.5. The van der Waals surface area contributed by atoms with Crippen molar-refractivity contribution in [3.05, 3.63) is 153 Å². The summed E-state index contributed by atoms with van der Waals surface area (Å²) in [6.07, 6.45) is -15.1. The van der Waals surface area contributed by atoms with Crippen molar-refractivity contribution in [1.82, 2.24) is 0 Å². The van der Waals surface area contributed by atoms with E-state index in [0.717, 1.165) is 59.1 Å². The Bertz CT molecular complexity index is 2720. The molecule has 2 aliphatic carbocycles. The van der Waals surface area contributed by atoms with Gasteiger partial charge in [0, 0.05) is 33.6 Å². The fourth-order valence-corrected chi connectivity index (χ4v) is 9.59. The van der Waals surface area contributed by atoms with Gasteiger partial charge in [0.2, 0.25) is 0 Å². The Hall–Kier alpha value is -6.14. The molecule has 18 heteroatoms. The van der Waals surface area contributed by atoms with Gasteiger partial charge in [-0.3, -0.25) is 0 Å². The van der Waals surface area contributed by atoms with Gasteiger partial charge in [-0.15, -0.1) is 0 Å². The minimum atomic E-state index is -5.14. The van der Waals surface area contributed by atoms with Crippen molar-refractivity contribution in [3.63, 3.8) is 0 Å². The normalized spacial score (nSPS) is 14.1. The number of hydrogen-bond acceptors (Lipinski definition) is 2. The average Bonchev–Trinajstić information content (AvgIpc) is 3.28. The molecule has 0 bridgehead atoms. The number of rotatable bonds is 7. The van der Waals surface area contributed by atoms with Gasteiger partial charge in [0.25, 0.3) is 0 Å². The van der Waals surface area contributed by atoms with Crippen LogP contribution in [0.5, 0.6) is 0 Å². The van der Waals surface area contributed by atoms with Crippen molar-refractivity contribution in [1.29, 1.82) is 0 Å². The van der Waals surface area contributed by atoms with Crippen LogP contribution in [0.15, 0.2) is 97.1 Å². The number of fused-ring (bicyclic) bond motifs is 2. The van der Waals surface area contributed by atoms with Crippen LogP contribution in [-0.4, -0.2) is 10.2 Å². The summed E-state index contributed by atoms with van der Waals surface area (Å²) in [4.78, 5) is 0. The molecule has 0 radical (unpaired) electrons. The van der Waals surface area contributed by atoms with Gasteiger partial charge in [-0.1, -0.05) is 59.7 Å². The van der Waals surface area contributed by atoms with Gasteiger partial charge in [-0.25, -0.2) is 0 Å². The highest BCUT2D eigenvalue weighted by Crippen LogP contribution is 2.52. The van der Waals surface area contributed by atoms with E-state index in [9.17, 15) is 52.7 Å². The molecule has 0 aliphatic heterocycles. The lowest BCUT2D eigenvalue weighted by molar-refractivity contribution is -0.144. The van der Waals surface area contributed by atoms with Crippen molar-refractivity contribution < 1.29 is 52.7 Å². The molecule has 70 heavy (non-hydrogen) atoms. The number of anilines is 4. The van der Waals surface area contributed by atoms with E-state index in [1.54, 1.807) is 0 Å². The maximum atomic E-state index is 14.0. The van der Waals surface area contributed by atoms with E-state index in [0.29, 0.717) is 94.7 Å². The van der Waals surface area contributed by atoms with Crippen molar-refractivity contribution in [2.24, 2.45) is 0 Å². The van der Waals surface area contributed by atoms with Crippen LogP contribution in [0, 0.1) is 13.8 Å². The SMILES string of the molecule is Cc1ccc(-c2cc3c(c(-c4c5c(cc(-c6ccc(C)cc6)c4NC(=S)Nc4cc(C(F)(F)F)cc(C(F)(F)F)c4)CCCC5)c2NC(=S)Nc2cc(C(F)(F)F)cc(C(F)(F)F)c2)CCCC3)cc1. The number of benzene rings is 6. The van der Waals surface area contributed by atoms with Gasteiger partial charge in [-0.2, -0.15) is 52.7 Å². The molecule has 0 fully saturated rings. The fourth-order valence-electron chi connectivity index (χ4n) is 9.15. The van der Waals surface area contributed by atoms with Crippen LogP contribution in [0.25, 0.3) is 33.4 Å². The quantitative estimate of drug-likeness (QED) is 0.0944. The fraction of sp³-hybridized carbons (Fsp3) is 0.269. The maximum Gasteiger partial charge on any atom is 0.416 e. The lowest BCUT2D eigenvalue weighted by atomic mass is 9.76. The second-order valence-electron chi connectivity index (χ2n) is 17.5. The Morgan fingerprint density at radius 1 is 0.400 bits per heavy atom.